The Bertz CT molecular complexity index is 1040. The van der Waals surface area contributed by atoms with Crippen molar-refractivity contribution in [3.63, 3.8) is 0 Å². The van der Waals surface area contributed by atoms with Gasteiger partial charge in [-0.3, -0.25) is 4.79 Å². The van der Waals surface area contributed by atoms with Crippen LogP contribution in [0.3, 0.4) is 0 Å². The molecule has 4 rings (SSSR count). The molecule has 2 aromatic carbocycles. The number of carbonyl (C=O) groups excluding carboxylic acids is 1. The standard InChI is InChI=1S/C26H30FNO3/c1-5-25(31-4)12-14-26(15-13-25)23(29)22(24(30)28-26)21-16(2)6-11-20(17(21)3)18-7-9-19(27)10-8-18/h6-11,29H,5,12-15H2,1-4H3,(H,28,30). The molecule has 0 atom stereocenters. The van der Waals surface area contributed by atoms with E-state index in [1.54, 1.807) is 19.2 Å². The van der Waals surface area contributed by atoms with E-state index in [4.69, 9.17) is 4.74 Å². The van der Waals surface area contributed by atoms with Crippen LogP contribution in [0.4, 0.5) is 4.39 Å². The maximum Gasteiger partial charge on any atom is 0.256 e. The molecule has 1 saturated carbocycles. The molecule has 5 heteroatoms. The van der Waals surface area contributed by atoms with Crippen LogP contribution in [0.1, 0.15) is 55.7 Å². The van der Waals surface area contributed by atoms with Crippen LogP contribution in [0.5, 0.6) is 0 Å². The van der Waals surface area contributed by atoms with Gasteiger partial charge in [-0.1, -0.05) is 31.2 Å². The predicted octanol–water partition coefficient (Wildman–Crippen LogP) is 5.62. The van der Waals surface area contributed by atoms with Gasteiger partial charge in [0.25, 0.3) is 5.91 Å². The number of benzene rings is 2. The molecule has 4 nitrogen and oxygen atoms in total. The summed E-state index contributed by atoms with van der Waals surface area (Å²) in [5.41, 5.74) is 3.82. The smallest absolute Gasteiger partial charge is 0.256 e. The second-order valence-electron chi connectivity index (χ2n) is 8.94. The Morgan fingerprint density at radius 1 is 1.06 bits per heavy atom. The van der Waals surface area contributed by atoms with Gasteiger partial charge >= 0.3 is 0 Å². The minimum atomic E-state index is -0.728. The number of carbonyl (C=O) groups is 1. The van der Waals surface area contributed by atoms with Crippen molar-refractivity contribution in [1.29, 1.82) is 0 Å². The number of aryl methyl sites for hydroxylation is 1. The molecule has 1 heterocycles. The highest BCUT2D eigenvalue weighted by Gasteiger charge is 2.51. The molecule has 2 aromatic rings. The summed E-state index contributed by atoms with van der Waals surface area (Å²) < 4.78 is 19.2. The first-order valence-electron chi connectivity index (χ1n) is 10.9. The minimum Gasteiger partial charge on any atom is -0.509 e. The third-order valence-corrected chi connectivity index (χ3v) is 7.44. The maximum absolute atomic E-state index is 13.4. The summed E-state index contributed by atoms with van der Waals surface area (Å²) in [6, 6.07) is 10.3. The lowest BCUT2D eigenvalue weighted by Gasteiger charge is -2.43. The molecule has 0 saturated heterocycles. The number of aliphatic hydroxyl groups excluding tert-OH is 1. The Morgan fingerprint density at radius 2 is 1.71 bits per heavy atom. The Kier molecular flexibility index (Phi) is 5.42. The molecule has 164 valence electrons. The van der Waals surface area contributed by atoms with E-state index in [1.165, 1.54) is 12.1 Å². The number of nitrogens with one attached hydrogen (secondary N) is 1. The average Bonchev–Trinajstić information content (AvgIpc) is 3.00. The van der Waals surface area contributed by atoms with Crippen LogP contribution in [0.15, 0.2) is 42.2 Å². The number of methoxy groups -OCH3 is 1. The molecule has 0 unspecified atom stereocenters. The van der Waals surface area contributed by atoms with Gasteiger partial charge in [-0.2, -0.15) is 0 Å². The van der Waals surface area contributed by atoms with Gasteiger partial charge in [0.15, 0.2) is 0 Å². The van der Waals surface area contributed by atoms with E-state index in [-0.39, 0.29) is 23.1 Å². The summed E-state index contributed by atoms with van der Waals surface area (Å²) in [4.78, 5) is 13.1. The van der Waals surface area contributed by atoms with Gasteiger partial charge in [-0.05, 0) is 85.9 Å². The molecule has 1 aliphatic heterocycles. The molecular formula is C26H30FNO3. The molecular weight excluding hydrogens is 393 g/mol. The molecule has 0 bridgehead atoms. The molecule has 2 N–H and O–H groups in total. The zero-order valence-electron chi connectivity index (χ0n) is 18.6. The first-order chi connectivity index (χ1) is 14.8. The van der Waals surface area contributed by atoms with Crippen molar-refractivity contribution in [2.24, 2.45) is 0 Å². The molecule has 1 aliphatic carbocycles. The second-order valence-corrected chi connectivity index (χ2v) is 8.94. The van der Waals surface area contributed by atoms with Gasteiger partial charge in [-0.25, -0.2) is 4.39 Å². The van der Waals surface area contributed by atoms with E-state index in [9.17, 15) is 14.3 Å². The molecule has 2 aliphatic rings. The SMILES string of the molecule is CCC1(OC)CCC2(CC1)NC(=O)C(c1c(C)ccc(-c3ccc(F)cc3)c1C)=C2O. The normalized spacial score (nSPS) is 25.9. The van der Waals surface area contributed by atoms with Gasteiger partial charge in [0.2, 0.25) is 0 Å². The highest BCUT2D eigenvalue weighted by molar-refractivity contribution is 6.24. The van der Waals surface area contributed by atoms with Crippen LogP contribution in [-0.2, 0) is 9.53 Å². The number of halogens is 1. The lowest BCUT2D eigenvalue weighted by atomic mass is 9.72. The van der Waals surface area contributed by atoms with Gasteiger partial charge in [-0.15, -0.1) is 0 Å². The van der Waals surface area contributed by atoms with Crippen molar-refractivity contribution in [1.82, 2.24) is 5.32 Å². The Morgan fingerprint density at radius 3 is 2.29 bits per heavy atom. The van der Waals surface area contributed by atoms with Crippen LogP contribution >= 0.6 is 0 Å². The van der Waals surface area contributed by atoms with Gasteiger partial charge in [0, 0.05) is 7.11 Å². The first kappa shape index (κ1) is 21.6. The maximum atomic E-state index is 13.4. The number of ether oxygens (including phenoxy) is 1. The molecule has 31 heavy (non-hydrogen) atoms. The Balaban J connectivity index is 1.78. The van der Waals surface area contributed by atoms with E-state index in [2.05, 4.69) is 12.2 Å². The second kappa shape index (κ2) is 7.79. The van der Waals surface area contributed by atoms with E-state index in [1.807, 2.05) is 26.0 Å². The van der Waals surface area contributed by atoms with Gasteiger partial charge < -0.3 is 15.2 Å². The van der Waals surface area contributed by atoms with Gasteiger partial charge in [0.1, 0.15) is 11.6 Å². The molecule has 0 radical (unpaired) electrons. The van der Waals surface area contributed by atoms with Crippen LogP contribution in [0.2, 0.25) is 0 Å². The number of hydrogen-bond donors (Lipinski definition) is 2. The van der Waals surface area contributed by atoms with Crippen LogP contribution < -0.4 is 5.32 Å². The molecule has 1 fully saturated rings. The summed E-state index contributed by atoms with van der Waals surface area (Å²) in [5.74, 6) is -0.384. The van der Waals surface area contributed by atoms with Crippen molar-refractivity contribution in [3.8, 4) is 11.1 Å². The Hall–Kier alpha value is -2.66. The van der Waals surface area contributed by atoms with Crippen molar-refractivity contribution >= 4 is 11.5 Å². The molecule has 1 spiro atoms. The van der Waals surface area contributed by atoms with Gasteiger partial charge in [0.05, 0.1) is 16.7 Å². The highest BCUT2D eigenvalue weighted by Crippen LogP contribution is 2.47. The Labute approximate surface area is 183 Å². The number of aliphatic hydroxyl groups is 1. The number of amides is 1. The van der Waals surface area contributed by atoms with Crippen LogP contribution in [0, 0.1) is 19.7 Å². The largest absolute Gasteiger partial charge is 0.509 e. The predicted molar refractivity (Wildman–Crippen MR) is 120 cm³/mol. The molecule has 0 aromatic heterocycles. The first-order valence-corrected chi connectivity index (χ1v) is 10.9. The summed E-state index contributed by atoms with van der Waals surface area (Å²) in [6.45, 7) is 6.01. The minimum absolute atomic E-state index is 0.140. The fourth-order valence-corrected chi connectivity index (χ4v) is 5.29. The highest BCUT2D eigenvalue weighted by atomic mass is 19.1. The number of rotatable bonds is 4. The zero-order valence-corrected chi connectivity index (χ0v) is 18.6. The third-order valence-electron chi connectivity index (χ3n) is 7.44. The zero-order chi connectivity index (χ0) is 22.4. The summed E-state index contributed by atoms with van der Waals surface area (Å²) in [5, 5.41) is 14.5. The summed E-state index contributed by atoms with van der Waals surface area (Å²) in [6.07, 6.45) is 3.76. The van der Waals surface area contributed by atoms with E-state index in [0.717, 1.165) is 47.1 Å². The topological polar surface area (TPSA) is 58.6 Å². The fourth-order valence-electron chi connectivity index (χ4n) is 5.29. The van der Waals surface area contributed by atoms with Crippen molar-refractivity contribution in [2.75, 3.05) is 7.11 Å². The monoisotopic (exact) mass is 423 g/mol. The van der Waals surface area contributed by atoms with E-state index < -0.39 is 5.54 Å². The van der Waals surface area contributed by atoms with Crippen molar-refractivity contribution < 1.29 is 19.0 Å². The van der Waals surface area contributed by atoms with E-state index >= 15 is 0 Å². The van der Waals surface area contributed by atoms with Crippen LogP contribution in [-0.4, -0.2) is 29.3 Å². The summed E-state index contributed by atoms with van der Waals surface area (Å²) in [7, 11) is 1.74. The van der Waals surface area contributed by atoms with Crippen molar-refractivity contribution in [3.05, 3.63) is 64.7 Å². The van der Waals surface area contributed by atoms with Crippen LogP contribution in [0.25, 0.3) is 16.7 Å². The quantitative estimate of drug-likeness (QED) is 0.671. The van der Waals surface area contributed by atoms with Crippen molar-refractivity contribution in [2.45, 2.75) is 64.0 Å². The molecule has 1 amide bonds. The lowest BCUT2D eigenvalue weighted by Crippen LogP contribution is -2.51. The number of hydrogen-bond acceptors (Lipinski definition) is 3. The summed E-state index contributed by atoms with van der Waals surface area (Å²) >= 11 is 0. The fraction of sp³-hybridized carbons (Fsp3) is 0.423. The van der Waals surface area contributed by atoms with E-state index in [0.29, 0.717) is 18.4 Å². The average molecular weight is 424 g/mol. The lowest BCUT2D eigenvalue weighted by molar-refractivity contribution is -0.117. The third kappa shape index (κ3) is 3.45.